The molecule has 0 radical (unpaired) electrons. The smallest absolute Gasteiger partial charge is 0.307 e. The normalized spacial score (nSPS) is 12.0. The Bertz CT molecular complexity index is 1250. The number of nitrogens with zero attached hydrogens (tertiary/aromatic N) is 1. The summed E-state index contributed by atoms with van der Waals surface area (Å²) in [5.74, 6) is -1.89. The topological polar surface area (TPSA) is 121 Å². The predicted octanol–water partition coefficient (Wildman–Crippen LogP) is 4.23. The van der Waals surface area contributed by atoms with Gasteiger partial charge >= 0.3 is 5.97 Å². The summed E-state index contributed by atoms with van der Waals surface area (Å²) >= 11 is 0. The predicted molar refractivity (Wildman–Crippen MR) is 121 cm³/mol. The number of aryl methyl sites for hydroxylation is 1. The fourth-order valence-corrected chi connectivity index (χ4v) is 4.29. The van der Waals surface area contributed by atoms with Gasteiger partial charge in [0.05, 0.1) is 22.0 Å². The van der Waals surface area contributed by atoms with Crippen molar-refractivity contribution in [3.05, 3.63) is 106 Å². The van der Waals surface area contributed by atoms with Crippen LogP contribution in [-0.2, 0) is 19.4 Å². The van der Waals surface area contributed by atoms with E-state index >= 15 is 0 Å². The Morgan fingerprint density at radius 1 is 0.939 bits per heavy atom. The van der Waals surface area contributed by atoms with Gasteiger partial charge < -0.3 is 4.74 Å². The second-order valence-corrected chi connectivity index (χ2v) is 9.44. The summed E-state index contributed by atoms with van der Waals surface area (Å²) in [6.07, 6.45) is -1.83. The van der Waals surface area contributed by atoms with Gasteiger partial charge in [-0.15, -0.1) is 0 Å². The summed E-state index contributed by atoms with van der Waals surface area (Å²) in [5.41, 5.74) is 1.24. The lowest BCUT2D eigenvalue weighted by molar-refractivity contribution is -0.384. The van der Waals surface area contributed by atoms with Crippen LogP contribution >= 0.6 is 0 Å². The number of ether oxygens (including phenoxy) is 1. The third kappa shape index (κ3) is 6.11. The Hall–Kier alpha value is -3.85. The Balaban J connectivity index is 1.79. The third-order valence-electron chi connectivity index (χ3n) is 4.91. The number of hydrogen-bond acceptors (Lipinski definition) is 7. The van der Waals surface area contributed by atoms with Crippen molar-refractivity contribution in [2.45, 2.75) is 24.3 Å². The molecule has 33 heavy (non-hydrogen) atoms. The summed E-state index contributed by atoms with van der Waals surface area (Å²) in [4.78, 5) is 36.0. The van der Waals surface area contributed by atoms with Crippen molar-refractivity contribution in [3.8, 4) is 0 Å². The number of carbonyl (C=O) groups excluding carboxylic acids is 2. The van der Waals surface area contributed by atoms with Gasteiger partial charge in [0, 0.05) is 23.3 Å². The van der Waals surface area contributed by atoms with E-state index in [-0.39, 0.29) is 21.7 Å². The van der Waals surface area contributed by atoms with E-state index in [1.54, 1.807) is 42.5 Å². The van der Waals surface area contributed by atoms with Crippen molar-refractivity contribution in [1.29, 1.82) is 0 Å². The number of benzene rings is 3. The fourth-order valence-electron chi connectivity index (χ4n) is 3.07. The molecule has 1 atom stereocenters. The number of esters is 1. The average Bonchev–Trinajstić information content (AvgIpc) is 2.82. The van der Waals surface area contributed by atoms with Gasteiger partial charge in [-0.25, -0.2) is 8.42 Å². The largest absolute Gasteiger partial charge is 0.449 e. The number of non-ortho nitro benzene ring substituents is 1. The van der Waals surface area contributed by atoms with Gasteiger partial charge in [0.2, 0.25) is 5.78 Å². The van der Waals surface area contributed by atoms with Gasteiger partial charge in [-0.05, 0) is 31.2 Å². The van der Waals surface area contributed by atoms with Gasteiger partial charge in [-0.1, -0.05) is 48.0 Å². The van der Waals surface area contributed by atoms with Crippen LogP contribution in [0.25, 0.3) is 0 Å². The first-order chi connectivity index (χ1) is 15.7. The Kier molecular flexibility index (Phi) is 7.34. The highest BCUT2D eigenvalue weighted by Crippen LogP contribution is 2.26. The van der Waals surface area contributed by atoms with E-state index in [2.05, 4.69) is 0 Å². The molecular weight excluding hydrogens is 446 g/mol. The molecular formula is C24H21NO7S. The average molecular weight is 467 g/mol. The SMILES string of the molecule is Cc1ccc(S(=O)(=O)CCC(=O)O[C@H](C(=O)c2ccccc2)c2ccc([N+](=O)[O-])cc2)cc1. The Labute approximate surface area is 190 Å². The van der Waals surface area contributed by atoms with Crippen LogP contribution < -0.4 is 0 Å². The van der Waals surface area contributed by atoms with Gasteiger partial charge in [-0.2, -0.15) is 0 Å². The maximum atomic E-state index is 13.0. The highest BCUT2D eigenvalue weighted by atomic mass is 32.2. The molecule has 9 heteroatoms. The lowest BCUT2D eigenvalue weighted by atomic mass is 9.99. The van der Waals surface area contributed by atoms with Crippen molar-refractivity contribution in [2.24, 2.45) is 0 Å². The zero-order chi connectivity index (χ0) is 24.0. The number of carbonyl (C=O) groups is 2. The molecule has 8 nitrogen and oxygen atoms in total. The first-order valence-corrected chi connectivity index (χ1v) is 11.6. The van der Waals surface area contributed by atoms with Crippen LogP contribution in [0.1, 0.15) is 34.0 Å². The molecule has 0 N–H and O–H groups in total. The maximum Gasteiger partial charge on any atom is 0.307 e. The molecule has 0 spiro atoms. The second kappa shape index (κ2) is 10.2. The van der Waals surface area contributed by atoms with Crippen molar-refractivity contribution in [1.82, 2.24) is 0 Å². The van der Waals surface area contributed by atoms with Crippen LogP contribution in [0.15, 0.2) is 83.8 Å². The van der Waals surface area contributed by atoms with Crippen LogP contribution in [0.5, 0.6) is 0 Å². The molecule has 3 aromatic rings. The van der Waals surface area contributed by atoms with Crippen LogP contribution in [0.4, 0.5) is 5.69 Å². The molecule has 0 aliphatic rings. The lowest BCUT2D eigenvalue weighted by Crippen LogP contribution is -2.22. The minimum Gasteiger partial charge on any atom is -0.449 e. The van der Waals surface area contributed by atoms with Crippen LogP contribution in [0.3, 0.4) is 0 Å². The van der Waals surface area contributed by atoms with Gasteiger partial charge in [0.1, 0.15) is 0 Å². The molecule has 0 saturated carbocycles. The van der Waals surface area contributed by atoms with E-state index in [1.807, 2.05) is 6.92 Å². The number of nitro benzene ring substituents is 1. The van der Waals surface area contributed by atoms with E-state index in [0.717, 1.165) is 5.56 Å². The van der Waals surface area contributed by atoms with Crippen molar-refractivity contribution in [3.63, 3.8) is 0 Å². The minimum absolute atomic E-state index is 0.0909. The Morgan fingerprint density at radius 2 is 1.55 bits per heavy atom. The molecule has 3 rings (SSSR count). The highest BCUT2D eigenvalue weighted by molar-refractivity contribution is 7.91. The van der Waals surface area contributed by atoms with E-state index in [9.17, 15) is 28.1 Å². The molecule has 0 saturated heterocycles. The number of Topliss-reactive ketones (excluding diaryl/α,β-unsaturated/α-hetero) is 1. The third-order valence-corrected chi connectivity index (χ3v) is 6.64. The Morgan fingerprint density at radius 3 is 2.12 bits per heavy atom. The first kappa shape index (κ1) is 23.8. The van der Waals surface area contributed by atoms with Gasteiger partial charge in [0.15, 0.2) is 15.9 Å². The highest BCUT2D eigenvalue weighted by Gasteiger charge is 2.27. The first-order valence-electron chi connectivity index (χ1n) is 10.00. The molecule has 170 valence electrons. The molecule has 0 unspecified atom stereocenters. The molecule has 0 aromatic heterocycles. The monoisotopic (exact) mass is 467 g/mol. The minimum atomic E-state index is -3.72. The van der Waals surface area contributed by atoms with Crippen molar-refractivity contribution < 1.29 is 27.7 Å². The van der Waals surface area contributed by atoms with Crippen molar-refractivity contribution >= 4 is 27.3 Å². The standard InChI is InChI=1S/C24H21NO7S/c1-17-7-13-21(14-8-17)33(30,31)16-15-22(26)32-24(23(27)18-5-3-2-4-6-18)19-9-11-20(12-10-19)25(28)29/h2-14,24H,15-16H2,1H3/t24-/m0/s1. The van der Waals surface area contributed by atoms with Crippen LogP contribution in [-0.4, -0.2) is 30.8 Å². The zero-order valence-corrected chi connectivity index (χ0v) is 18.5. The zero-order valence-electron chi connectivity index (χ0n) is 17.7. The second-order valence-electron chi connectivity index (χ2n) is 7.33. The summed E-state index contributed by atoms with van der Waals surface area (Å²) in [6.45, 7) is 1.83. The van der Waals surface area contributed by atoms with E-state index in [4.69, 9.17) is 4.74 Å². The summed E-state index contributed by atoms with van der Waals surface area (Å²) in [5, 5.41) is 10.9. The number of nitro groups is 1. The van der Waals surface area contributed by atoms with Gasteiger partial charge in [-0.3, -0.25) is 19.7 Å². The molecule has 0 aliphatic heterocycles. The quantitative estimate of drug-likeness (QED) is 0.200. The number of sulfone groups is 1. The van der Waals surface area contributed by atoms with E-state index in [0.29, 0.717) is 0 Å². The molecule has 0 bridgehead atoms. The summed E-state index contributed by atoms with van der Waals surface area (Å²) in [6, 6.07) is 19.5. The molecule has 3 aromatic carbocycles. The van der Waals surface area contributed by atoms with Crippen LogP contribution in [0.2, 0.25) is 0 Å². The number of rotatable bonds is 9. The fraction of sp³-hybridized carbons (Fsp3) is 0.167. The maximum absolute atomic E-state index is 13.0. The molecule has 0 fully saturated rings. The summed E-state index contributed by atoms with van der Waals surface area (Å²) in [7, 11) is -3.72. The number of ketones is 1. The van der Waals surface area contributed by atoms with Crippen LogP contribution in [0, 0.1) is 17.0 Å². The molecule has 0 aliphatic carbocycles. The molecule has 0 heterocycles. The van der Waals surface area contributed by atoms with E-state index < -0.39 is 44.8 Å². The van der Waals surface area contributed by atoms with Crippen molar-refractivity contribution in [2.75, 3.05) is 5.75 Å². The number of hydrogen-bond donors (Lipinski definition) is 0. The van der Waals surface area contributed by atoms with E-state index in [1.165, 1.54) is 36.4 Å². The molecule has 0 amide bonds. The van der Waals surface area contributed by atoms with Gasteiger partial charge in [0.25, 0.3) is 5.69 Å². The summed E-state index contributed by atoms with van der Waals surface area (Å²) < 4.78 is 30.4. The lowest BCUT2D eigenvalue weighted by Gasteiger charge is -2.17.